The topological polar surface area (TPSA) is 56.6 Å². The number of hydrogen-bond donors (Lipinski definition) is 0. The maximum Gasteiger partial charge on any atom is 0.227 e. The van der Waals surface area contributed by atoms with Gasteiger partial charge in [-0.2, -0.15) is 0 Å². The normalized spacial score (nSPS) is 15.8. The molecule has 0 aliphatic carbocycles. The molecule has 34 heavy (non-hydrogen) atoms. The number of hydrogen-bond acceptors (Lipinski definition) is 4. The van der Waals surface area contributed by atoms with Crippen LogP contribution in [0.4, 0.5) is 5.69 Å². The fourth-order valence-electron chi connectivity index (χ4n) is 4.66. The lowest BCUT2D eigenvalue weighted by Crippen LogP contribution is -2.24. The summed E-state index contributed by atoms with van der Waals surface area (Å²) in [7, 11) is 1.64. The number of nitrogens with zero attached hydrogens (tertiary/aromatic N) is 3. The Morgan fingerprint density at radius 1 is 1.00 bits per heavy atom. The number of amides is 1. The van der Waals surface area contributed by atoms with Gasteiger partial charge in [-0.1, -0.05) is 24.3 Å². The van der Waals surface area contributed by atoms with Gasteiger partial charge in [0, 0.05) is 24.6 Å². The van der Waals surface area contributed by atoms with Crippen molar-refractivity contribution in [1.82, 2.24) is 9.55 Å². The molecule has 0 radical (unpaired) electrons. The number of carbonyl (C=O) groups excluding carboxylic acids is 1. The largest absolute Gasteiger partial charge is 0.497 e. The molecule has 6 nitrogen and oxygen atoms in total. The lowest BCUT2D eigenvalue weighted by Gasteiger charge is -2.18. The predicted molar refractivity (Wildman–Crippen MR) is 134 cm³/mol. The molecule has 0 spiro atoms. The number of carbonyl (C=O) groups is 1. The zero-order valence-corrected chi connectivity index (χ0v) is 19.8. The first-order valence-electron chi connectivity index (χ1n) is 11.6. The van der Waals surface area contributed by atoms with Gasteiger partial charge in [0.15, 0.2) is 0 Å². The number of ether oxygens (including phenoxy) is 2. The summed E-state index contributed by atoms with van der Waals surface area (Å²) in [5.41, 5.74) is 5.27. The van der Waals surface area contributed by atoms with Gasteiger partial charge < -0.3 is 18.9 Å². The average Bonchev–Trinajstić information content (AvgIpc) is 3.42. The summed E-state index contributed by atoms with van der Waals surface area (Å²) < 4.78 is 13.6. The van der Waals surface area contributed by atoms with Gasteiger partial charge in [0.05, 0.1) is 24.7 Å². The van der Waals surface area contributed by atoms with Gasteiger partial charge in [-0.15, -0.1) is 0 Å². The van der Waals surface area contributed by atoms with Crippen molar-refractivity contribution in [2.45, 2.75) is 32.7 Å². The lowest BCUT2D eigenvalue weighted by atomic mass is 10.1. The summed E-state index contributed by atoms with van der Waals surface area (Å²) in [6.45, 7) is 5.97. The van der Waals surface area contributed by atoms with Crippen LogP contribution in [0, 0.1) is 13.8 Å². The SMILES string of the molecule is COc1ccc(N2CC(c3nc4ccccc4n3CCOc3cccc(C)c3C)CC2=O)cc1. The van der Waals surface area contributed by atoms with Gasteiger partial charge in [0.25, 0.3) is 0 Å². The average molecular weight is 456 g/mol. The fraction of sp³-hybridized carbons (Fsp3) is 0.286. The highest BCUT2D eigenvalue weighted by atomic mass is 16.5. The van der Waals surface area contributed by atoms with E-state index in [1.165, 1.54) is 5.56 Å². The van der Waals surface area contributed by atoms with Gasteiger partial charge in [-0.05, 0) is 67.4 Å². The maximum absolute atomic E-state index is 12.9. The summed E-state index contributed by atoms with van der Waals surface area (Å²) in [4.78, 5) is 19.7. The number of benzene rings is 3. The Morgan fingerprint density at radius 3 is 2.59 bits per heavy atom. The zero-order valence-electron chi connectivity index (χ0n) is 19.8. The van der Waals surface area contributed by atoms with Crippen molar-refractivity contribution in [1.29, 1.82) is 0 Å². The highest BCUT2D eigenvalue weighted by molar-refractivity contribution is 5.96. The first-order valence-corrected chi connectivity index (χ1v) is 11.6. The Labute approximate surface area is 199 Å². The lowest BCUT2D eigenvalue weighted by molar-refractivity contribution is -0.117. The molecule has 2 heterocycles. The smallest absolute Gasteiger partial charge is 0.227 e. The summed E-state index contributed by atoms with van der Waals surface area (Å²) in [6, 6.07) is 21.9. The molecule has 1 aliphatic rings. The highest BCUT2D eigenvalue weighted by Crippen LogP contribution is 2.34. The van der Waals surface area contributed by atoms with Crippen molar-refractivity contribution < 1.29 is 14.3 Å². The Balaban J connectivity index is 1.39. The van der Waals surface area contributed by atoms with Gasteiger partial charge in [0.2, 0.25) is 5.91 Å². The highest BCUT2D eigenvalue weighted by Gasteiger charge is 2.34. The molecule has 1 unspecified atom stereocenters. The van der Waals surface area contributed by atoms with Crippen LogP contribution in [0.15, 0.2) is 66.7 Å². The number of imidazole rings is 1. The van der Waals surface area contributed by atoms with Crippen molar-refractivity contribution >= 4 is 22.6 Å². The van der Waals surface area contributed by atoms with Crippen LogP contribution in [0.25, 0.3) is 11.0 Å². The van der Waals surface area contributed by atoms with E-state index >= 15 is 0 Å². The molecule has 0 bridgehead atoms. The standard InChI is InChI=1S/C28H29N3O3/c1-19-7-6-10-26(20(19)2)34-16-15-30-25-9-5-4-8-24(25)29-28(30)21-17-27(32)31(18-21)22-11-13-23(33-3)14-12-22/h4-14,21H,15-18H2,1-3H3. The fourth-order valence-corrected chi connectivity index (χ4v) is 4.66. The number of rotatable bonds is 7. The maximum atomic E-state index is 12.9. The monoisotopic (exact) mass is 455 g/mol. The molecule has 6 heteroatoms. The van der Waals surface area contributed by atoms with E-state index in [4.69, 9.17) is 14.5 Å². The number of aromatic nitrogens is 2. The second kappa shape index (κ2) is 9.21. The minimum absolute atomic E-state index is 0.0164. The number of anilines is 1. The van der Waals surface area contributed by atoms with Crippen molar-refractivity contribution in [3.05, 3.63) is 83.7 Å². The van der Waals surface area contributed by atoms with Crippen LogP contribution in [0.1, 0.15) is 29.3 Å². The molecule has 174 valence electrons. The van der Waals surface area contributed by atoms with Gasteiger partial charge in [-0.25, -0.2) is 4.98 Å². The molecule has 0 N–H and O–H groups in total. The first-order chi connectivity index (χ1) is 16.5. The summed E-state index contributed by atoms with van der Waals surface area (Å²) in [6.07, 6.45) is 0.438. The molecule has 1 amide bonds. The third-order valence-electron chi connectivity index (χ3n) is 6.69. The van der Waals surface area contributed by atoms with E-state index in [1.807, 2.05) is 59.5 Å². The van der Waals surface area contributed by atoms with E-state index in [9.17, 15) is 4.79 Å². The van der Waals surface area contributed by atoms with E-state index in [1.54, 1.807) is 7.11 Å². The van der Waals surface area contributed by atoms with E-state index < -0.39 is 0 Å². The molecule has 3 aromatic carbocycles. The Hall–Kier alpha value is -3.80. The minimum Gasteiger partial charge on any atom is -0.497 e. The molecule has 0 saturated carbocycles. The Kier molecular flexibility index (Phi) is 5.97. The number of aryl methyl sites for hydroxylation is 1. The Morgan fingerprint density at radius 2 is 1.79 bits per heavy atom. The van der Waals surface area contributed by atoms with Crippen LogP contribution in [-0.2, 0) is 11.3 Å². The molecule has 1 aromatic heterocycles. The van der Waals surface area contributed by atoms with Crippen molar-refractivity contribution in [2.75, 3.05) is 25.2 Å². The number of methoxy groups -OCH3 is 1. The van der Waals surface area contributed by atoms with Crippen molar-refractivity contribution in [2.24, 2.45) is 0 Å². The van der Waals surface area contributed by atoms with Gasteiger partial charge in [0.1, 0.15) is 23.9 Å². The number of fused-ring (bicyclic) bond motifs is 1. The second-order valence-corrected chi connectivity index (χ2v) is 8.76. The van der Waals surface area contributed by atoms with E-state index in [0.717, 1.165) is 39.6 Å². The first kappa shape index (κ1) is 22.0. The van der Waals surface area contributed by atoms with Crippen LogP contribution in [0.2, 0.25) is 0 Å². The zero-order chi connectivity index (χ0) is 23.7. The van der Waals surface area contributed by atoms with Crippen LogP contribution in [-0.4, -0.2) is 35.7 Å². The van der Waals surface area contributed by atoms with Gasteiger partial charge >= 0.3 is 0 Å². The molecule has 1 atom stereocenters. The number of para-hydroxylation sites is 2. The summed E-state index contributed by atoms with van der Waals surface area (Å²) >= 11 is 0. The van der Waals surface area contributed by atoms with Crippen LogP contribution in [0.3, 0.4) is 0 Å². The summed E-state index contributed by atoms with van der Waals surface area (Å²) in [5.74, 6) is 2.75. The molecule has 1 saturated heterocycles. The summed E-state index contributed by atoms with van der Waals surface area (Å²) in [5, 5.41) is 0. The molecular weight excluding hydrogens is 426 g/mol. The molecular formula is C28H29N3O3. The van der Waals surface area contributed by atoms with Crippen molar-refractivity contribution in [3.8, 4) is 11.5 Å². The van der Waals surface area contributed by atoms with Crippen LogP contribution >= 0.6 is 0 Å². The van der Waals surface area contributed by atoms with Crippen LogP contribution in [0.5, 0.6) is 11.5 Å². The minimum atomic E-state index is 0.0164. The molecule has 5 rings (SSSR count). The molecule has 1 aliphatic heterocycles. The van der Waals surface area contributed by atoms with Gasteiger partial charge in [-0.3, -0.25) is 4.79 Å². The predicted octanol–water partition coefficient (Wildman–Crippen LogP) is 5.26. The third kappa shape index (κ3) is 4.12. The van der Waals surface area contributed by atoms with E-state index in [-0.39, 0.29) is 11.8 Å². The molecule has 4 aromatic rings. The van der Waals surface area contributed by atoms with Crippen LogP contribution < -0.4 is 14.4 Å². The second-order valence-electron chi connectivity index (χ2n) is 8.76. The third-order valence-corrected chi connectivity index (χ3v) is 6.69. The van der Waals surface area contributed by atoms with E-state index in [2.05, 4.69) is 30.5 Å². The van der Waals surface area contributed by atoms with Crippen molar-refractivity contribution in [3.63, 3.8) is 0 Å². The molecule has 1 fully saturated rings. The van der Waals surface area contributed by atoms with E-state index in [0.29, 0.717) is 26.1 Å². The quantitative estimate of drug-likeness (QED) is 0.381. The Bertz CT molecular complexity index is 1330.